The van der Waals surface area contributed by atoms with Gasteiger partial charge in [0.2, 0.25) is 5.91 Å². The number of carbonyl (C=O) groups is 2. The fourth-order valence-electron chi connectivity index (χ4n) is 3.13. The third-order valence-corrected chi connectivity index (χ3v) is 6.00. The molecule has 1 aliphatic carbocycles. The summed E-state index contributed by atoms with van der Waals surface area (Å²) in [6.45, 7) is 3.76. The second-order valence-corrected chi connectivity index (χ2v) is 8.61. The van der Waals surface area contributed by atoms with E-state index in [0.29, 0.717) is 17.7 Å². The predicted molar refractivity (Wildman–Crippen MR) is 119 cm³/mol. The average Bonchev–Trinajstić information content (AvgIpc) is 3.08. The first kappa shape index (κ1) is 23.0. The van der Waals surface area contributed by atoms with Crippen LogP contribution < -0.4 is 21.3 Å². The standard InChI is InChI=1S/C19H33N5O2S2/c1-2-9-20-14-7-8-15-16(12-14)28-19(23-15)24-17(25)13-22-18(26)21-10-5-3-4-6-11-27/h14,20,27H,2-13H2,1H3,(H2,21,22,26)(H,23,24,25)/t14-/m0/s1. The molecule has 158 valence electrons. The molecule has 0 saturated carbocycles. The van der Waals surface area contributed by atoms with Crippen molar-refractivity contribution in [3.8, 4) is 0 Å². The van der Waals surface area contributed by atoms with Gasteiger partial charge in [0, 0.05) is 17.5 Å². The van der Waals surface area contributed by atoms with E-state index in [9.17, 15) is 9.59 Å². The molecule has 0 fully saturated rings. The molecule has 0 saturated heterocycles. The molecular formula is C19H33N5O2S2. The molecule has 1 aromatic rings. The van der Waals surface area contributed by atoms with Crippen molar-refractivity contribution >= 4 is 41.0 Å². The molecule has 0 aliphatic heterocycles. The number of hydrogen-bond acceptors (Lipinski definition) is 6. The highest BCUT2D eigenvalue weighted by molar-refractivity contribution is 7.80. The summed E-state index contributed by atoms with van der Waals surface area (Å²) < 4.78 is 0. The van der Waals surface area contributed by atoms with Crippen molar-refractivity contribution in [2.24, 2.45) is 0 Å². The number of thiol groups is 1. The van der Waals surface area contributed by atoms with Crippen LogP contribution in [0, 0.1) is 0 Å². The van der Waals surface area contributed by atoms with Crippen molar-refractivity contribution in [2.45, 2.75) is 64.3 Å². The first-order valence-corrected chi connectivity index (χ1v) is 11.7. The predicted octanol–water partition coefficient (Wildman–Crippen LogP) is 2.73. The molecule has 4 N–H and O–H groups in total. The summed E-state index contributed by atoms with van der Waals surface area (Å²) in [5.74, 6) is 0.650. The highest BCUT2D eigenvalue weighted by atomic mass is 32.1. The number of fused-ring (bicyclic) bond motifs is 1. The molecule has 0 unspecified atom stereocenters. The Bertz CT molecular complexity index is 623. The number of amides is 3. The molecule has 1 atom stereocenters. The van der Waals surface area contributed by atoms with Crippen LogP contribution in [-0.4, -0.2) is 48.4 Å². The lowest BCUT2D eigenvalue weighted by Gasteiger charge is -2.21. The van der Waals surface area contributed by atoms with Gasteiger partial charge < -0.3 is 21.3 Å². The van der Waals surface area contributed by atoms with Gasteiger partial charge in [0.1, 0.15) is 0 Å². The summed E-state index contributed by atoms with van der Waals surface area (Å²) >= 11 is 5.72. The normalized spacial score (nSPS) is 15.7. The van der Waals surface area contributed by atoms with Crippen molar-refractivity contribution in [3.63, 3.8) is 0 Å². The number of urea groups is 1. The topological polar surface area (TPSA) is 95.2 Å². The van der Waals surface area contributed by atoms with Crippen molar-refractivity contribution < 1.29 is 9.59 Å². The molecule has 1 heterocycles. The zero-order chi connectivity index (χ0) is 20.2. The third-order valence-electron chi connectivity index (χ3n) is 4.65. The zero-order valence-corrected chi connectivity index (χ0v) is 18.4. The second-order valence-electron chi connectivity index (χ2n) is 7.08. The number of nitrogens with one attached hydrogen (secondary N) is 4. The minimum absolute atomic E-state index is 0.0591. The lowest BCUT2D eigenvalue weighted by atomic mass is 9.98. The summed E-state index contributed by atoms with van der Waals surface area (Å²) in [6, 6.07) is 0.187. The lowest BCUT2D eigenvalue weighted by molar-refractivity contribution is -0.115. The second kappa shape index (κ2) is 13.0. The van der Waals surface area contributed by atoms with Gasteiger partial charge >= 0.3 is 6.03 Å². The van der Waals surface area contributed by atoms with E-state index >= 15 is 0 Å². The molecule has 9 heteroatoms. The third kappa shape index (κ3) is 8.36. The van der Waals surface area contributed by atoms with Crippen LogP contribution in [0.2, 0.25) is 0 Å². The quantitative estimate of drug-likeness (QED) is 0.262. The largest absolute Gasteiger partial charge is 0.338 e. The van der Waals surface area contributed by atoms with Gasteiger partial charge in [-0.15, -0.1) is 11.3 Å². The highest BCUT2D eigenvalue weighted by Crippen LogP contribution is 2.29. The fraction of sp³-hybridized carbons (Fsp3) is 0.737. The van der Waals surface area contributed by atoms with Crippen LogP contribution in [0.15, 0.2) is 0 Å². The van der Waals surface area contributed by atoms with Gasteiger partial charge in [-0.1, -0.05) is 19.8 Å². The number of carbonyl (C=O) groups excluding carboxylic acids is 2. The maximum absolute atomic E-state index is 12.1. The van der Waals surface area contributed by atoms with Crippen LogP contribution in [0.1, 0.15) is 56.0 Å². The number of aromatic nitrogens is 1. The minimum Gasteiger partial charge on any atom is -0.338 e. The number of nitrogens with zero attached hydrogens (tertiary/aromatic N) is 1. The molecule has 7 nitrogen and oxygen atoms in total. The van der Waals surface area contributed by atoms with Crippen molar-refractivity contribution in [3.05, 3.63) is 10.6 Å². The van der Waals surface area contributed by atoms with E-state index in [1.165, 1.54) is 4.88 Å². The van der Waals surface area contributed by atoms with E-state index in [4.69, 9.17) is 0 Å². The van der Waals surface area contributed by atoms with Crippen molar-refractivity contribution in [1.82, 2.24) is 20.9 Å². The van der Waals surface area contributed by atoms with Gasteiger partial charge in [-0.2, -0.15) is 12.6 Å². The Morgan fingerprint density at radius 1 is 1.18 bits per heavy atom. The number of thiazole rings is 1. The Morgan fingerprint density at radius 2 is 2.00 bits per heavy atom. The Kier molecular flexibility index (Phi) is 10.7. The van der Waals surface area contributed by atoms with E-state index in [1.807, 2.05) is 0 Å². The number of hydrogen-bond donors (Lipinski definition) is 5. The molecule has 1 aromatic heterocycles. The molecule has 1 aliphatic rings. The van der Waals surface area contributed by atoms with Gasteiger partial charge in [-0.05, 0) is 50.8 Å². The zero-order valence-electron chi connectivity index (χ0n) is 16.7. The molecule has 0 aromatic carbocycles. The monoisotopic (exact) mass is 427 g/mol. The molecule has 0 spiro atoms. The number of rotatable bonds is 12. The number of unbranched alkanes of at least 4 members (excludes halogenated alkanes) is 3. The molecule has 28 heavy (non-hydrogen) atoms. The molecule has 0 radical (unpaired) electrons. The maximum atomic E-state index is 12.1. The fourth-order valence-corrected chi connectivity index (χ4v) is 4.46. The van der Waals surface area contributed by atoms with E-state index in [0.717, 1.165) is 69.4 Å². The number of anilines is 1. The summed E-state index contributed by atoms with van der Waals surface area (Å²) in [5.41, 5.74) is 1.10. The Balaban J connectivity index is 1.64. The molecule has 2 rings (SSSR count). The van der Waals surface area contributed by atoms with Crippen LogP contribution >= 0.6 is 24.0 Å². The van der Waals surface area contributed by atoms with Gasteiger partial charge in [0.05, 0.1) is 12.2 Å². The first-order chi connectivity index (χ1) is 13.6. The highest BCUT2D eigenvalue weighted by Gasteiger charge is 2.22. The van der Waals surface area contributed by atoms with Crippen LogP contribution in [0.25, 0.3) is 0 Å². The molecular weight excluding hydrogens is 394 g/mol. The number of aryl methyl sites for hydroxylation is 1. The van der Waals surface area contributed by atoms with Crippen LogP contribution in [-0.2, 0) is 17.6 Å². The van der Waals surface area contributed by atoms with Gasteiger partial charge in [-0.25, -0.2) is 9.78 Å². The van der Waals surface area contributed by atoms with E-state index < -0.39 is 0 Å². The van der Waals surface area contributed by atoms with Crippen LogP contribution in [0.5, 0.6) is 0 Å². The Labute approximate surface area is 177 Å². The Morgan fingerprint density at radius 3 is 2.79 bits per heavy atom. The van der Waals surface area contributed by atoms with Crippen molar-refractivity contribution in [1.29, 1.82) is 0 Å². The minimum atomic E-state index is -0.312. The van der Waals surface area contributed by atoms with E-state index in [1.54, 1.807) is 11.3 Å². The molecule has 0 bridgehead atoms. The first-order valence-electron chi connectivity index (χ1n) is 10.3. The summed E-state index contributed by atoms with van der Waals surface area (Å²) in [5, 5.41) is 12.3. The van der Waals surface area contributed by atoms with E-state index in [-0.39, 0.29) is 18.5 Å². The summed E-state index contributed by atoms with van der Waals surface area (Å²) in [4.78, 5) is 29.6. The Hall–Kier alpha value is -1.32. The van der Waals surface area contributed by atoms with E-state index in [2.05, 4.69) is 45.8 Å². The smallest absolute Gasteiger partial charge is 0.315 e. The maximum Gasteiger partial charge on any atom is 0.315 e. The van der Waals surface area contributed by atoms with Gasteiger partial charge in [0.15, 0.2) is 5.13 Å². The van der Waals surface area contributed by atoms with Crippen molar-refractivity contribution in [2.75, 3.05) is 30.7 Å². The van der Waals surface area contributed by atoms with Gasteiger partial charge in [0.25, 0.3) is 0 Å². The van der Waals surface area contributed by atoms with Crippen LogP contribution in [0.3, 0.4) is 0 Å². The molecule has 3 amide bonds. The summed E-state index contributed by atoms with van der Waals surface area (Å²) in [7, 11) is 0. The summed E-state index contributed by atoms with van der Waals surface area (Å²) in [6.07, 6.45) is 8.37. The lowest BCUT2D eigenvalue weighted by Crippen LogP contribution is -2.40. The van der Waals surface area contributed by atoms with Crippen LogP contribution in [0.4, 0.5) is 9.93 Å². The SMILES string of the molecule is CCCN[C@H]1CCc2nc(NC(=O)CNC(=O)NCCCCCCS)sc2C1. The van der Waals surface area contributed by atoms with Gasteiger partial charge in [-0.3, -0.25) is 4.79 Å². The average molecular weight is 428 g/mol.